The Morgan fingerprint density at radius 2 is 1.74 bits per heavy atom. The second-order valence-electron chi connectivity index (χ2n) is 6.11. The fraction of sp³-hybridized carbons (Fsp3) is 0.556. The number of halogens is 1. The lowest BCUT2D eigenvalue weighted by molar-refractivity contribution is -0.152. The zero-order chi connectivity index (χ0) is 16.7. The van der Waals surface area contributed by atoms with E-state index in [0.717, 1.165) is 44.3 Å². The van der Waals surface area contributed by atoms with Gasteiger partial charge in [0, 0.05) is 13.1 Å². The standard InChI is InChI=1S/C18H24FNO3/c1-14(15-6-8-16(19)9-7-15)12-18(22)23-13-17(21)20-10-4-2-3-5-11-20/h6-9,14H,2-5,10-13H2,1H3. The quantitative estimate of drug-likeness (QED) is 0.782. The minimum atomic E-state index is -0.398. The number of hydrogen-bond donors (Lipinski definition) is 0. The van der Waals surface area contributed by atoms with E-state index < -0.39 is 5.97 Å². The maximum Gasteiger partial charge on any atom is 0.306 e. The number of benzene rings is 1. The summed E-state index contributed by atoms with van der Waals surface area (Å²) in [5.41, 5.74) is 0.877. The third kappa shape index (κ3) is 5.66. The molecule has 1 aromatic carbocycles. The minimum Gasteiger partial charge on any atom is -0.456 e. The second kappa shape index (κ2) is 8.65. The summed E-state index contributed by atoms with van der Waals surface area (Å²) in [6.45, 7) is 3.20. The van der Waals surface area contributed by atoms with Crippen molar-refractivity contribution >= 4 is 11.9 Å². The van der Waals surface area contributed by atoms with Crippen molar-refractivity contribution in [2.24, 2.45) is 0 Å². The Morgan fingerprint density at radius 3 is 2.35 bits per heavy atom. The lowest BCUT2D eigenvalue weighted by Gasteiger charge is -2.20. The van der Waals surface area contributed by atoms with E-state index in [2.05, 4.69) is 0 Å². The van der Waals surface area contributed by atoms with Gasteiger partial charge < -0.3 is 9.64 Å². The fourth-order valence-electron chi connectivity index (χ4n) is 2.77. The van der Waals surface area contributed by atoms with Crippen LogP contribution in [0.15, 0.2) is 24.3 Å². The molecule has 1 saturated heterocycles. The third-order valence-corrected chi connectivity index (χ3v) is 4.23. The first kappa shape index (κ1) is 17.4. The van der Waals surface area contributed by atoms with Gasteiger partial charge in [-0.05, 0) is 36.5 Å². The largest absolute Gasteiger partial charge is 0.456 e. The molecule has 1 aromatic rings. The number of rotatable bonds is 5. The van der Waals surface area contributed by atoms with Gasteiger partial charge in [0.15, 0.2) is 6.61 Å². The monoisotopic (exact) mass is 321 g/mol. The number of hydrogen-bond acceptors (Lipinski definition) is 3. The Morgan fingerprint density at radius 1 is 1.13 bits per heavy atom. The van der Waals surface area contributed by atoms with Gasteiger partial charge in [0.2, 0.25) is 0 Å². The molecule has 2 rings (SSSR count). The number of esters is 1. The van der Waals surface area contributed by atoms with Gasteiger partial charge in [-0.3, -0.25) is 9.59 Å². The lowest BCUT2D eigenvalue weighted by Crippen LogP contribution is -2.35. The summed E-state index contributed by atoms with van der Waals surface area (Å²) in [7, 11) is 0. The summed E-state index contributed by atoms with van der Waals surface area (Å²) < 4.78 is 18.0. The van der Waals surface area contributed by atoms with E-state index in [0.29, 0.717) is 0 Å². The molecule has 0 spiro atoms. The Bertz CT molecular complexity index is 522. The minimum absolute atomic E-state index is 0.0728. The van der Waals surface area contributed by atoms with Crippen LogP contribution in [0, 0.1) is 5.82 Å². The van der Waals surface area contributed by atoms with Crippen LogP contribution in [-0.4, -0.2) is 36.5 Å². The summed E-state index contributed by atoms with van der Waals surface area (Å²) in [5.74, 6) is -0.886. The van der Waals surface area contributed by atoms with Crippen molar-refractivity contribution in [2.75, 3.05) is 19.7 Å². The molecule has 1 atom stereocenters. The first-order chi connectivity index (χ1) is 11.1. The Balaban J connectivity index is 1.75. The van der Waals surface area contributed by atoms with Gasteiger partial charge in [0.05, 0.1) is 6.42 Å². The van der Waals surface area contributed by atoms with Gasteiger partial charge in [-0.2, -0.15) is 0 Å². The molecule has 4 nitrogen and oxygen atoms in total. The molecule has 1 unspecified atom stereocenters. The number of carbonyl (C=O) groups is 2. The molecule has 0 radical (unpaired) electrons. The fourth-order valence-corrected chi connectivity index (χ4v) is 2.77. The summed E-state index contributed by atoms with van der Waals surface area (Å²) in [6.07, 6.45) is 4.51. The van der Waals surface area contributed by atoms with Crippen LogP contribution in [0.3, 0.4) is 0 Å². The molecule has 1 heterocycles. The first-order valence-corrected chi connectivity index (χ1v) is 8.25. The second-order valence-corrected chi connectivity index (χ2v) is 6.11. The van der Waals surface area contributed by atoms with Crippen LogP contribution in [0.1, 0.15) is 50.5 Å². The lowest BCUT2D eigenvalue weighted by atomic mass is 9.98. The van der Waals surface area contributed by atoms with Crippen molar-refractivity contribution in [1.29, 1.82) is 0 Å². The maximum atomic E-state index is 12.9. The Kier molecular flexibility index (Phi) is 6.56. The van der Waals surface area contributed by atoms with E-state index in [4.69, 9.17) is 4.74 Å². The van der Waals surface area contributed by atoms with E-state index in [1.165, 1.54) is 12.1 Å². The summed E-state index contributed by atoms with van der Waals surface area (Å²) >= 11 is 0. The van der Waals surface area contributed by atoms with Gasteiger partial charge >= 0.3 is 5.97 Å². The average molecular weight is 321 g/mol. The van der Waals surface area contributed by atoms with E-state index in [9.17, 15) is 14.0 Å². The highest BCUT2D eigenvalue weighted by Gasteiger charge is 2.18. The predicted octanol–water partition coefficient (Wildman–Crippen LogP) is 3.27. The molecule has 0 bridgehead atoms. The summed E-state index contributed by atoms with van der Waals surface area (Å²) in [4.78, 5) is 25.7. The molecular formula is C18H24FNO3. The molecule has 1 fully saturated rings. The van der Waals surface area contributed by atoms with Crippen LogP contribution in [-0.2, 0) is 14.3 Å². The molecule has 0 saturated carbocycles. The number of likely N-dealkylation sites (tertiary alicyclic amines) is 1. The smallest absolute Gasteiger partial charge is 0.306 e. The molecule has 0 N–H and O–H groups in total. The van der Waals surface area contributed by atoms with Crippen molar-refractivity contribution in [2.45, 2.75) is 44.9 Å². The molecule has 126 valence electrons. The third-order valence-electron chi connectivity index (χ3n) is 4.23. The summed E-state index contributed by atoms with van der Waals surface area (Å²) in [5, 5.41) is 0. The normalized spacial score (nSPS) is 16.5. The zero-order valence-corrected chi connectivity index (χ0v) is 13.6. The van der Waals surface area contributed by atoms with Crippen molar-refractivity contribution in [3.63, 3.8) is 0 Å². The summed E-state index contributed by atoms with van der Waals surface area (Å²) in [6, 6.07) is 6.07. The van der Waals surface area contributed by atoms with Crippen LogP contribution >= 0.6 is 0 Å². The highest BCUT2D eigenvalue weighted by atomic mass is 19.1. The SMILES string of the molecule is CC(CC(=O)OCC(=O)N1CCCCCC1)c1ccc(F)cc1. The molecule has 0 aromatic heterocycles. The van der Waals surface area contributed by atoms with Crippen molar-refractivity contribution in [1.82, 2.24) is 4.90 Å². The maximum absolute atomic E-state index is 12.9. The highest BCUT2D eigenvalue weighted by molar-refractivity contribution is 5.80. The van der Waals surface area contributed by atoms with E-state index in [1.54, 1.807) is 17.0 Å². The molecule has 23 heavy (non-hydrogen) atoms. The van der Waals surface area contributed by atoms with Crippen LogP contribution in [0.4, 0.5) is 4.39 Å². The number of ether oxygens (including phenoxy) is 1. The first-order valence-electron chi connectivity index (χ1n) is 8.25. The van der Waals surface area contributed by atoms with Crippen LogP contribution < -0.4 is 0 Å². The van der Waals surface area contributed by atoms with Crippen molar-refractivity contribution in [3.8, 4) is 0 Å². The average Bonchev–Trinajstić information content (AvgIpc) is 2.82. The van der Waals surface area contributed by atoms with Crippen LogP contribution in [0.25, 0.3) is 0 Å². The predicted molar refractivity (Wildman–Crippen MR) is 85.4 cm³/mol. The molecule has 1 amide bonds. The van der Waals surface area contributed by atoms with Crippen molar-refractivity contribution < 1.29 is 18.7 Å². The number of nitrogens with zero attached hydrogens (tertiary/aromatic N) is 1. The number of amides is 1. The van der Waals surface area contributed by atoms with Gasteiger partial charge in [-0.15, -0.1) is 0 Å². The number of carbonyl (C=O) groups excluding carboxylic acids is 2. The zero-order valence-electron chi connectivity index (χ0n) is 13.6. The topological polar surface area (TPSA) is 46.6 Å². The van der Waals surface area contributed by atoms with E-state index in [1.807, 2.05) is 6.92 Å². The molecule has 1 aliphatic rings. The van der Waals surface area contributed by atoms with Gasteiger partial charge in [0.25, 0.3) is 5.91 Å². The van der Waals surface area contributed by atoms with Gasteiger partial charge in [-0.1, -0.05) is 31.9 Å². The molecule has 0 aliphatic carbocycles. The van der Waals surface area contributed by atoms with Crippen LogP contribution in [0.5, 0.6) is 0 Å². The molecular weight excluding hydrogens is 297 g/mol. The van der Waals surface area contributed by atoms with E-state index in [-0.39, 0.29) is 30.7 Å². The highest BCUT2D eigenvalue weighted by Crippen LogP contribution is 2.19. The van der Waals surface area contributed by atoms with Gasteiger partial charge in [-0.25, -0.2) is 4.39 Å². The van der Waals surface area contributed by atoms with Gasteiger partial charge in [0.1, 0.15) is 5.82 Å². The Labute approximate surface area is 136 Å². The molecule has 5 heteroatoms. The van der Waals surface area contributed by atoms with E-state index >= 15 is 0 Å². The molecule has 1 aliphatic heterocycles. The van der Waals surface area contributed by atoms with Crippen LogP contribution in [0.2, 0.25) is 0 Å². The van der Waals surface area contributed by atoms with Crippen molar-refractivity contribution in [3.05, 3.63) is 35.6 Å². The Hall–Kier alpha value is -1.91.